The molecule has 5 heteroatoms. The first-order valence-electron chi connectivity index (χ1n) is 5.81. The maximum absolute atomic E-state index is 11.7. The number of aryl methyl sites for hydroxylation is 1. The van der Waals surface area contributed by atoms with Crippen molar-refractivity contribution in [2.24, 2.45) is 0 Å². The minimum atomic E-state index is -0.102. The van der Waals surface area contributed by atoms with E-state index in [-0.39, 0.29) is 12.5 Å². The fourth-order valence-electron chi connectivity index (χ4n) is 1.49. The van der Waals surface area contributed by atoms with Crippen molar-refractivity contribution in [3.8, 4) is 5.75 Å². The summed E-state index contributed by atoms with van der Waals surface area (Å²) < 4.78 is 10.1. The van der Waals surface area contributed by atoms with Crippen LogP contribution < -0.4 is 15.4 Å². The second kappa shape index (κ2) is 7.68. The number of amides is 1. The lowest BCUT2D eigenvalue weighted by Gasteiger charge is -2.11. The third-order valence-corrected chi connectivity index (χ3v) is 2.40. The standard InChI is InChI=1S/C13H20N2O3/c1-10-4-5-12(18-3)11(8-10)15-13(16)9-14-6-7-17-2/h4-5,8,14H,6-7,9H2,1-3H3,(H,15,16). The Balaban J connectivity index is 2.50. The number of anilines is 1. The van der Waals surface area contributed by atoms with Gasteiger partial charge in [-0.3, -0.25) is 4.79 Å². The average Bonchev–Trinajstić information content (AvgIpc) is 2.35. The molecule has 0 fully saturated rings. The highest BCUT2D eigenvalue weighted by molar-refractivity contribution is 5.93. The summed E-state index contributed by atoms with van der Waals surface area (Å²) in [7, 11) is 3.20. The third kappa shape index (κ3) is 4.73. The van der Waals surface area contributed by atoms with Gasteiger partial charge in [-0.15, -0.1) is 0 Å². The minimum absolute atomic E-state index is 0.102. The van der Waals surface area contributed by atoms with Crippen molar-refractivity contribution in [1.29, 1.82) is 0 Å². The van der Waals surface area contributed by atoms with Gasteiger partial charge in [0.25, 0.3) is 0 Å². The predicted octanol–water partition coefficient (Wildman–Crippen LogP) is 1.18. The van der Waals surface area contributed by atoms with Crippen LogP contribution in [0.1, 0.15) is 5.56 Å². The second-order valence-corrected chi connectivity index (χ2v) is 3.92. The SMILES string of the molecule is COCCNCC(=O)Nc1cc(C)ccc1OC. The first-order chi connectivity index (χ1) is 8.67. The number of hydrogen-bond donors (Lipinski definition) is 2. The molecule has 100 valence electrons. The Hall–Kier alpha value is -1.59. The maximum atomic E-state index is 11.7. The van der Waals surface area contributed by atoms with Crippen molar-refractivity contribution in [3.05, 3.63) is 23.8 Å². The van der Waals surface area contributed by atoms with Gasteiger partial charge < -0.3 is 20.1 Å². The van der Waals surface area contributed by atoms with E-state index in [9.17, 15) is 4.79 Å². The van der Waals surface area contributed by atoms with Gasteiger partial charge in [0.1, 0.15) is 5.75 Å². The molecule has 0 aromatic heterocycles. The van der Waals surface area contributed by atoms with Crippen molar-refractivity contribution < 1.29 is 14.3 Å². The molecule has 2 N–H and O–H groups in total. The van der Waals surface area contributed by atoms with E-state index in [0.717, 1.165) is 5.56 Å². The van der Waals surface area contributed by atoms with Gasteiger partial charge in [-0.25, -0.2) is 0 Å². The van der Waals surface area contributed by atoms with E-state index in [2.05, 4.69) is 10.6 Å². The van der Waals surface area contributed by atoms with Crippen LogP contribution in [0.25, 0.3) is 0 Å². The summed E-state index contributed by atoms with van der Waals surface area (Å²) in [5, 5.41) is 5.79. The fraction of sp³-hybridized carbons (Fsp3) is 0.462. The molecule has 1 rings (SSSR count). The Labute approximate surface area is 107 Å². The van der Waals surface area contributed by atoms with E-state index < -0.39 is 0 Å². The van der Waals surface area contributed by atoms with Crippen LogP contribution in [0, 0.1) is 6.92 Å². The Morgan fingerprint density at radius 3 is 2.78 bits per heavy atom. The molecule has 0 aliphatic rings. The number of ether oxygens (including phenoxy) is 2. The summed E-state index contributed by atoms with van der Waals surface area (Å²) in [5.74, 6) is 0.556. The second-order valence-electron chi connectivity index (χ2n) is 3.92. The van der Waals surface area contributed by atoms with E-state index in [4.69, 9.17) is 9.47 Å². The van der Waals surface area contributed by atoms with Crippen LogP contribution in [0.4, 0.5) is 5.69 Å². The first kappa shape index (κ1) is 14.5. The Morgan fingerprint density at radius 2 is 2.11 bits per heavy atom. The summed E-state index contributed by atoms with van der Waals surface area (Å²) in [6, 6.07) is 5.65. The molecule has 0 aliphatic heterocycles. The van der Waals surface area contributed by atoms with Gasteiger partial charge in [0.2, 0.25) is 5.91 Å². The van der Waals surface area contributed by atoms with E-state index in [1.54, 1.807) is 14.2 Å². The van der Waals surface area contributed by atoms with E-state index >= 15 is 0 Å². The van der Waals surface area contributed by atoms with Crippen molar-refractivity contribution >= 4 is 11.6 Å². The van der Waals surface area contributed by atoms with Crippen LogP contribution in [0.15, 0.2) is 18.2 Å². The number of methoxy groups -OCH3 is 2. The smallest absolute Gasteiger partial charge is 0.238 e. The molecule has 0 spiro atoms. The summed E-state index contributed by atoms with van der Waals surface area (Å²) in [6.07, 6.45) is 0. The third-order valence-electron chi connectivity index (χ3n) is 2.40. The molecule has 1 aromatic rings. The highest BCUT2D eigenvalue weighted by Gasteiger charge is 2.07. The van der Waals surface area contributed by atoms with Crippen LogP contribution in [-0.4, -0.2) is 39.8 Å². The number of carbonyl (C=O) groups excluding carboxylic acids is 1. The maximum Gasteiger partial charge on any atom is 0.238 e. The highest BCUT2D eigenvalue weighted by Crippen LogP contribution is 2.24. The Bertz CT molecular complexity index is 394. The van der Waals surface area contributed by atoms with E-state index in [0.29, 0.717) is 24.6 Å². The Kier molecular flexibility index (Phi) is 6.18. The van der Waals surface area contributed by atoms with Crippen LogP contribution in [0.5, 0.6) is 5.75 Å². The van der Waals surface area contributed by atoms with E-state index in [1.807, 2.05) is 25.1 Å². The lowest BCUT2D eigenvalue weighted by Crippen LogP contribution is -2.30. The molecule has 5 nitrogen and oxygen atoms in total. The highest BCUT2D eigenvalue weighted by atomic mass is 16.5. The molecule has 0 heterocycles. The number of rotatable bonds is 7. The lowest BCUT2D eigenvalue weighted by atomic mass is 10.2. The molecular formula is C13H20N2O3. The zero-order chi connectivity index (χ0) is 13.4. The summed E-state index contributed by atoms with van der Waals surface area (Å²) in [4.78, 5) is 11.7. The van der Waals surface area contributed by atoms with Gasteiger partial charge >= 0.3 is 0 Å². The van der Waals surface area contributed by atoms with Crippen molar-refractivity contribution in [2.75, 3.05) is 39.2 Å². The molecule has 0 atom stereocenters. The normalized spacial score (nSPS) is 10.2. The number of nitrogens with one attached hydrogen (secondary N) is 2. The molecule has 1 amide bonds. The molecule has 0 radical (unpaired) electrons. The quantitative estimate of drug-likeness (QED) is 0.715. The van der Waals surface area contributed by atoms with Gasteiger partial charge in [-0.05, 0) is 24.6 Å². The molecule has 0 bridgehead atoms. The van der Waals surface area contributed by atoms with Crippen molar-refractivity contribution in [2.45, 2.75) is 6.92 Å². The van der Waals surface area contributed by atoms with Crippen LogP contribution in [0.3, 0.4) is 0 Å². The molecule has 0 saturated heterocycles. The summed E-state index contributed by atoms with van der Waals surface area (Å²) >= 11 is 0. The molecule has 0 saturated carbocycles. The van der Waals surface area contributed by atoms with Crippen LogP contribution in [-0.2, 0) is 9.53 Å². The lowest BCUT2D eigenvalue weighted by molar-refractivity contribution is -0.115. The number of benzene rings is 1. The van der Waals surface area contributed by atoms with E-state index in [1.165, 1.54) is 0 Å². The van der Waals surface area contributed by atoms with Crippen molar-refractivity contribution in [1.82, 2.24) is 5.32 Å². The van der Waals surface area contributed by atoms with Gasteiger partial charge in [0, 0.05) is 13.7 Å². The minimum Gasteiger partial charge on any atom is -0.495 e. The van der Waals surface area contributed by atoms with Gasteiger partial charge in [-0.2, -0.15) is 0 Å². The Morgan fingerprint density at radius 1 is 1.33 bits per heavy atom. The number of carbonyl (C=O) groups is 1. The average molecular weight is 252 g/mol. The molecule has 0 aliphatic carbocycles. The van der Waals surface area contributed by atoms with Crippen molar-refractivity contribution in [3.63, 3.8) is 0 Å². The summed E-state index contributed by atoms with van der Waals surface area (Å²) in [6.45, 7) is 3.45. The zero-order valence-electron chi connectivity index (χ0n) is 11.1. The summed E-state index contributed by atoms with van der Waals surface area (Å²) in [5.41, 5.74) is 1.76. The first-order valence-corrected chi connectivity index (χ1v) is 5.81. The molecule has 18 heavy (non-hydrogen) atoms. The fourth-order valence-corrected chi connectivity index (χ4v) is 1.49. The van der Waals surface area contributed by atoms with Gasteiger partial charge in [0.05, 0.1) is 25.9 Å². The zero-order valence-corrected chi connectivity index (χ0v) is 11.1. The molecule has 1 aromatic carbocycles. The molecule has 0 unspecified atom stereocenters. The van der Waals surface area contributed by atoms with Crippen LogP contribution >= 0.6 is 0 Å². The monoisotopic (exact) mass is 252 g/mol. The predicted molar refractivity (Wildman–Crippen MR) is 71.1 cm³/mol. The van der Waals surface area contributed by atoms with Gasteiger partial charge in [0.15, 0.2) is 0 Å². The molecular weight excluding hydrogens is 232 g/mol. The number of hydrogen-bond acceptors (Lipinski definition) is 4. The van der Waals surface area contributed by atoms with Crippen LogP contribution in [0.2, 0.25) is 0 Å². The largest absolute Gasteiger partial charge is 0.495 e. The van der Waals surface area contributed by atoms with Gasteiger partial charge in [-0.1, -0.05) is 6.07 Å². The topological polar surface area (TPSA) is 59.6 Å².